The van der Waals surface area contributed by atoms with E-state index >= 15 is 0 Å². The smallest absolute Gasteiger partial charge is 0.253 e. The highest BCUT2D eigenvalue weighted by molar-refractivity contribution is 6.29. The number of rotatable bonds is 3. The number of halogens is 1. The van der Waals surface area contributed by atoms with E-state index in [0.29, 0.717) is 23.8 Å². The molecule has 2 unspecified atom stereocenters. The number of carbonyl (C=O) groups excluding carboxylic acids is 1. The number of carbonyl (C=O) groups is 1. The predicted molar refractivity (Wildman–Crippen MR) is 69.6 cm³/mol. The van der Waals surface area contributed by atoms with E-state index in [2.05, 4.69) is 10.3 Å². The van der Waals surface area contributed by atoms with E-state index in [4.69, 9.17) is 22.1 Å². The van der Waals surface area contributed by atoms with Crippen molar-refractivity contribution in [3.05, 3.63) is 23.0 Å². The van der Waals surface area contributed by atoms with Gasteiger partial charge >= 0.3 is 0 Å². The lowest BCUT2D eigenvalue weighted by Crippen LogP contribution is -2.30. The van der Waals surface area contributed by atoms with Gasteiger partial charge in [0, 0.05) is 6.54 Å². The minimum Gasteiger partial charge on any atom is -0.364 e. The summed E-state index contributed by atoms with van der Waals surface area (Å²) in [4.78, 5) is 15.9. The topological polar surface area (TPSA) is 77.2 Å². The van der Waals surface area contributed by atoms with Crippen molar-refractivity contribution in [3.8, 4) is 0 Å². The number of pyridine rings is 1. The zero-order valence-electron chi connectivity index (χ0n) is 10.1. The summed E-state index contributed by atoms with van der Waals surface area (Å²) >= 11 is 5.76. The highest BCUT2D eigenvalue weighted by atomic mass is 35.5. The number of ether oxygens (including phenoxy) is 1. The van der Waals surface area contributed by atoms with Crippen LogP contribution in [-0.2, 0) is 9.53 Å². The van der Waals surface area contributed by atoms with Crippen LogP contribution in [0, 0.1) is 6.92 Å². The lowest BCUT2D eigenvalue weighted by atomic mass is 10.2. The summed E-state index contributed by atoms with van der Waals surface area (Å²) in [5, 5.41) is 3.21. The molecule has 1 aromatic rings. The van der Waals surface area contributed by atoms with E-state index in [-0.39, 0.29) is 12.0 Å². The van der Waals surface area contributed by atoms with Crippen molar-refractivity contribution >= 4 is 23.2 Å². The third kappa shape index (κ3) is 2.98. The van der Waals surface area contributed by atoms with Gasteiger partial charge in [-0.15, -0.1) is 0 Å². The average Bonchev–Trinajstić information content (AvgIpc) is 2.81. The van der Waals surface area contributed by atoms with Crippen LogP contribution >= 0.6 is 11.6 Å². The molecule has 1 saturated heterocycles. The first-order valence-electron chi connectivity index (χ1n) is 5.88. The molecule has 0 spiro atoms. The van der Waals surface area contributed by atoms with Crippen molar-refractivity contribution in [2.45, 2.75) is 32.0 Å². The molecule has 3 N–H and O–H groups in total. The Morgan fingerprint density at radius 1 is 1.67 bits per heavy atom. The van der Waals surface area contributed by atoms with Gasteiger partial charge in [0.2, 0.25) is 0 Å². The fraction of sp³-hybridized carbons (Fsp3) is 0.500. The lowest BCUT2D eigenvalue weighted by Gasteiger charge is -2.13. The maximum atomic E-state index is 12.0. The Labute approximate surface area is 111 Å². The molecule has 1 fully saturated rings. The Morgan fingerprint density at radius 2 is 2.44 bits per heavy atom. The fourth-order valence-corrected chi connectivity index (χ4v) is 2.15. The first-order chi connectivity index (χ1) is 8.60. The summed E-state index contributed by atoms with van der Waals surface area (Å²) < 4.78 is 5.52. The fourth-order valence-electron chi connectivity index (χ4n) is 1.94. The number of nitrogens with one attached hydrogen (secondary N) is 1. The van der Waals surface area contributed by atoms with E-state index < -0.39 is 6.10 Å². The molecule has 0 radical (unpaired) electrons. The van der Waals surface area contributed by atoms with Gasteiger partial charge in [-0.25, -0.2) is 4.98 Å². The molecule has 1 aliphatic heterocycles. The quantitative estimate of drug-likeness (QED) is 0.815. The number of hydrogen-bond donors (Lipinski definition) is 2. The lowest BCUT2D eigenvalue weighted by molar-refractivity contribution is -0.126. The van der Waals surface area contributed by atoms with Gasteiger partial charge in [0.05, 0.1) is 18.0 Å². The van der Waals surface area contributed by atoms with Crippen molar-refractivity contribution in [1.29, 1.82) is 0 Å². The van der Waals surface area contributed by atoms with Crippen LogP contribution in [0.1, 0.15) is 18.4 Å². The number of anilines is 1. The first kappa shape index (κ1) is 13.3. The Bertz CT molecular complexity index is 453. The maximum absolute atomic E-state index is 12.0. The molecule has 6 heteroatoms. The number of aromatic nitrogens is 1. The second-order valence-electron chi connectivity index (χ2n) is 4.37. The van der Waals surface area contributed by atoms with Gasteiger partial charge in [0.15, 0.2) is 0 Å². The van der Waals surface area contributed by atoms with Gasteiger partial charge in [-0.3, -0.25) is 4.79 Å². The Morgan fingerprint density at radius 3 is 3.06 bits per heavy atom. The molecule has 0 bridgehead atoms. The average molecular weight is 270 g/mol. The molecule has 1 aliphatic rings. The number of aryl methyl sites for hydroxylation is 1. The highest BCUT2D eigenvalue weighted by Gasteiger charge is 2.30. The molecule has 2 heterocycles. The van der Waals surface area contributed by atoms with Crippen LogP contribution in [0.5, 0.6) is 0 Å². The minimum atomic E-state index is -0.423. The van der Waals surface area contributed by atoms with Crippen LogP contribution in [0.3, 0.4) is 0 Å². The molecule has 2 atom stereocenters. The Kier molecular flexibility index (Phi) is 4.16. The number of nitrogens with zero attached hydrogens (tertiary/aromatic N) is 1. The van der Waals surface area contributed by atoms with Gasteiger partial charge in [0.1, 0.15) is 11.3 Å². The molecule has 18 heavy (non-hydrogen) atoms. The van der Waals surface area contributed by atoms with Crippen LogP contribution in [0.25, 0.3) is 0 Å². The zero-order valence-corrected chi connectivity index (χ0v) is 10.9. The normalized spacial score (nSPS) is 23.1. The number of amides is 1. The largest absolute Gasteiger partial charge is 0.364 e. The Balaban J connectivity index is 1.99. The molecule has 1 amide bonds. The van der Waals surface area contributed by atoms with E-state index in [1.807, 2.05) is 6.92 Å². The van der Waals surface area contributed by atoms with Crippen molar-refractivity contribution in [2.75, 3.05) is 11.9 Å². The summed E-state index contributed by atoms with van der Waals surface area (Å²) in [5.41, 5.74) is 7.04. The van der Waals surface area contributed by atoms with E-state index in [0.717, 1.165) is 12.0 Å². The van der Waals surface area contributed by atoms with Gasteiger partial charge < -0.3 is 15.8 Å². The zero-order chi connectivity index (χ0) is 13.1. The standard InChI is InChI=1S/C12H16ClN3O2/c1-7-4-11(13)15-6-9(7)16-12(17)10-3-2-8(5-14)18-10/h4,6,8,10H,2-3,5,14H2,1H3,(H,16,17). The van der Waals surface area contributed by atoms with Crippen molar-refractivity contribution < 1.29 is 9.53 Å². The van der Waals surface area contributed by atoms with E-state index in [1.165, 1.54) is 0 Å². The van der Waals surface area contributed by atoms with Crippen molar-refractivity contribution in [2.24, 2.45) is 5.73 Å². The summed E-state index contributed by atoms with van der Waals surface area (Å²) in [6, 6.07) is 1.70. The van der Waals surface area contributed by atoms with Gasteiger partial charge in [-0.05, 0) is 31.4 Å². The number of nitrogens with two attached hydrogens (primary N) is 1. The SMILES string of the molecule is Cc1cc(Cl)ncc1NC(=O)C1CCC(CN)O1. The molecule has 0 aromatic carbocycles. The van der Waals surface area contributed by atoms with Crippen LogP contribution < -0.4 is 11.1 Å². The van der Waals surface area contributed by atoms with Crippen LogP contribution in [-0.4, -0.2) is 29.6 Å². The summed E-state index contributed by atoms with van der Waals surface area (Å²) in [7, 11) is 0. The monoisotopic (exact) mass is 269 g/mol. The summed E-state index contributed by atoms with van der Waals surface area (Å²) in [6.45, 7) is 2.31. The Hall–Kier alpha value is -1.17. The van der Waals surface area contributed by atoms with Crippen molar-refractivity contribution in [1.82, 2.24) is 4.98 Å². The molecular formula is C12H16ClN3O2. The minimum absolute atomic E-state index is 0.00908. The summed E-state index contributed by atoms with van der Waals surface area (Å²) in [5.74, 6) is -0.154. The third-order valence-electron chi connectivity index (χ3n) is 3.00. The van der Waals surface area contributed by atoms with Crippen LogP contribution in [0.15, 0.2) is 12.3 Å². The number of hydrogen-bond acceptors (Lipinski definition) is 4. The molecule has 2 rings (SSSR count). The molecule has 98 valence electrons. The second kappa shape index (κ2) is 5.65. The second-order valence-corrected chi connectivity index (χ2v) is 4.76. The molecule has 1 aromatic heterocycles. The predicted octanol–water partition coefficient (Wildman–Crippen LogP) is 1.49. The molecule has 0 aliphatic carbocycles. The first-order valence-corrected chi connectivity index (χ1v) is 6.26. The van der Waals surface area contributed by atoms with Crippen molar-refractivity contribution in [3.63, 3.8) is 0 Å². The maximum Gasteiger partial charge on any atom is 0.253 e. The van der Waals surface area contributed by atoms with Gasteiger partial charge in [0.25, 0.3) is 5.91 Å². The molecule has 5 nitrogen and oxygen atoms in total. The van der Waals surface area contributed by atoms with Gasteiger partial charge in [-0.2, -0.15) is 0 Å². The molecule has 0 saturated carbocycles. The van der Waals surface area contributed by atoms with Gasteiger partial charge in [-0.1, -0.05) is 11.6 Å². The van der Waals surface area contributed by atoms with E-state index in [1.54, 1.807) is 12.3 Å². The highest BCUT2D eigenvalue weighted by Crippen LogP contribution is 2.22. The van der Waals surface area contributed by atoms with Crippen LogP contribution in [0.4, 0.5) is 5.69 Å². The van der Waals surface area contributed by atoms with E-state index in [9.17, 15) is 4.79 Å². The third-order valence-corrected chi connectivity index (χ3v) is 3.20. The molecular weight excluding hydrogens is 254 g/mol. The van der Waals surface area contributed by atoms with Crippen LogP contribution in [0.2, 0.25) is 5.15 Å². The summed E-state index contributed by atoms with van der Waals surface area (Å²) in [6.07, 6.45) is 2.64.